The standard InChI is InChI=1S/C23H24N2O4S/c1-14-5-7-17(8-6-14)12-24-21(26)13-25-22(27)20(30-23(25)28)11-18-9-16(3)19(29-4)10-15(18)2/h5-11H,12-13H2,1-4H3,(H,24,26)/b20-11-. The number of imide groups is 1. The molecule has 1 N–H and O–H groups in total. The lowest BCUT2D eigenvalue weighted by Crippen LogP contribution is -2.39. The van der Waals surface area contributed by atoms with Crippen LogP contribution in [0.25, 0.3) is 6.08 Å². The fourth-order valence-electron chi connectivity index (χ4n) is 3.07. The molecule has 1 saturated heterocycles. The van der Waals surface area contributed by atoms with Crippen LogP contribution in [0.4, 0.5) is 4.79 Å². The van der Waals surface area contributed by atoms with Gasteiger partial charge in [-0.1, -0.05) is 29.8 Å². The molecule has 1 aliphatic rings. The summed E-state index contributed by atoms with van der Waals surface area (Å²) in [7, 11) is 1.61. The Bertz CT molecular complexity index is 1030. The van der Waals surface area contributed by atoms with Gasteiger partial charge in [0.2, 0.25) is 5.91 Å². The Hall–Kier alpha value is -3.06. The van der Waals surface area contributed by atoms with Crippen molar-refractivity contribution in [1.82, 2.24) is 10.2 Å². The number of ether oxygens (including phenoxy) is 1. The van der Waals surface area contributed by atoms with Gasteiger partial charge in [0, 0.05) is 6.54 Å². The fourth-order valence-corrected chi connectivity index (χ4v) is 3.90. The third-order valence-electron chi connectivity index (χ3n) is 4.86. The van der Waals surface area contributed by atoms with Crippen LogP contribution >= 0.6 is 11.8 Å². The number of hydrogen-bond donors (Lipinski definition) is 1. The average Bonchev–Trinajstić information content (AvgIpc) is 2.97. The topological polar surface area (TPSA) is 75.7 Å². The first-order valence-electron chi connectivity index (χ1n) is 9.51. The predicted octanol–water partition coefficient (Wildman–Crippen LogP) is 3.97. The van der Waals surface area contributed by atoms with Crippen LogP contribution in [0.15, 0.2) is 41.3 Å². The fraction of sp³-hybridized carbons (Fsp3) is 0.261. The Kier molecular flexibility index (Phi) is 6.62. The van der Waals surface area contributed by atoms with E-state index in [0.717, 1.165) is 50.2 Å². The number of carbonyl (C=O) groups is 3. The van der Waals surface area contributed by atoms with Gasteiger partial charge in [-0.05, 0) is 73.0 Å². The van der Waals surface area contributed by atoms with Crippen molar-refractivity contribution in [3.8, 4) is 5.75 Å². The third kappa shape index (κ3) is 4.91. The number of rotatable bonds is 6. The molecule has 6 nitrogen and oxygen atoms in total. The highest BCUT2D eigenvalue weighted by Crippen LogP contribution is 2.33. The molecule has 156 valence electrons. The van der Waals surface area contributed by atoms with Crippen molar-refractivity contribution >= 4 is 34.9 Å². The summed E-state index contributed by atoms with van der Waals surface area (Å²) in [4.78, 5) is 38.6. The summed E-state index contributed by atoms with van der Waals surface area (Å²) in [6.07, 6.45) is 1.69. The van der Waals surface area contributed by atoms with Gasteiger partial charge in [0.05, 0.1) is 12.0 Å². The van der Waals surface area contributed by atoms with Gasteiger partial charge in [0.15, 0.2) is 0 Å². The molecule has 0 aliphatic carbocycles. The number of nitrogens with one attached hydrogen (secondary N) is 1. The zero-order valence-electron chi connectivity index (χ0n) is 17.4. The summed E-state index contributed by atoms with van der Waals surface area (Å²) in [6, 6.07) is 11.6. The van der Waals surface area contributed by atoms with E-state index >= 15 is 0 Å². The number of methoxy groups -OCH3 is 1. The first-order chi connectivity index (χ1) is 14.3. The van der Waals surface area contributed by atoms with E-state index in [2.05, 4.69) is 5.32 Å². The maximum Gasteiger partial charge on any atom is 0.294 e. The van der Waals surface area contributed by atoms with E-state index in [-0.39, 0.29) is 12.5 Å². The summed E-state index contributed by atoms with van der Waals surface area (Å²) >= 11 is 0.846. The quantitative estimate of drug-likeness (QED) is 0.710. The minimum atomic E-state index is -0.455. The van der Waals surface area contributed by atoms with Crippen molar-refractivity contribution < 1.29 is 19.1 Å². The molecule has 1 fully saturated rings. The van der Waals surface area contributed by atoms with Gasteiger partial charge >= 0.3 is 0 Å². The average molecular weight is 425 g/mol. The number of hydrogen-bond acceptors (Lipinski definition) is 5. The van der Waals surface area contributed by atoms with Crippen LogP contribution in [0.5, 0.6) is 5.75 Å². The number of carbonyl (C=O) groups excluding carboxylic acids is 3. The first kappa shape index (κ1) is 21.6. The van der Waals surface area contributed by atoms with Crippen molar-refractivity contribution in [2.75, 3.05) is 13.7 Å². The Balaban J connectivity index is 1.67. The highest BCUT2D eigenvalue weighted by atomic mass is 32.2. The predicted molar refractivity (Wildman–Crippen MR) is 118 cm³/mol. The van der Waals surface area contributed by atoms with E-state index in [1.54, 1.807) is 13.2 Å². The molecule has 0 radical (unpaired) electrons. The van der Waals surface area contributed by atoms with Crippen LogP contribution in [-0.2, 0) is 16.1 Å². The summed E-state index contributed by atoms with van der Waals surface area (Å²) < 4.78 is 5.31. The summed E-state index contributed by atoms with van der Waals surface area (Å²) in [6.45, 7) is 5.87. The monoisotopic (exact) mass is 424 g/mol. The molecule has 0 unspecified atom stereocenters. The van der Waals surface area contributed by atoms with Crippen LogP contribution < -0.4 is 10.1 Å². The van der Waals surface area contributed by atoms with Crippen LogP contribution in [0.2, 0.25) is 0 Å². The number of nitrogens with zero attached hydrogens (tertiary/aromatic N) is 1. The van der Waals surface area contributed by atoms with E-state index in [1.165, 1.54) is 0 Å². The lowest BCUT2D eigenvalue weighted by Gasteiger charge is -2.12. The van der Waals surface area contributed by atoms with E-state index in [9.17, 15) is 14.4 Å². The van der Waals surface area contributed by atoms with E-state index < -0.39 is 11.1 Å². The second-order valence-corrected chi connectivity index (χ2v) is 8.20. The molecule has 0 bridgehead atoms. The lowest BCUT2D eigenvalue weighted by atomic mass is 10.0. The van der Waals surface area contributed by atoms with Crippen LogP contribution in [0, 0.1) is 20.8 Å². The first-order valence-corrected chi connectivity index (χ1v) is 10.3. The number of benzene rings is 2. The number of thioether (sulfide) groups is 1. The zero-order valence-corrected chi connectivity index (χ0v) is 18.3. The molecule has 2 aromatic rings. The molecule has 1 aliphatic heterocycles. The second-order valence-electron chi connectivity index (χ2n) is 7.21. The maximum absolute atomic E-state index is 12.7. The number of amides is 3. The third-order valence-corrected chi connectivity index (χ3v) is 5.76. The minimum Gasteiger partial charge on any atom is -0.496 e. The number of aryl methyl sites for hydroxylation is 3. The van der Waals surface area contributed by atoms with Gasteiger partial charge < -0.3 is 10.1 Å². The van der Waals surface area contributed by atoms with E-state index in [0.29, 0.717) is 11.4 Å². The lowest BCUT2D eigenvalue weighted by molar-refractivity contribution is -0.129. The molecule has 0 saturated carbocycles. The minimum absolute atomic E-state index is 0.297. The van der Waals surface area contributed by atoms with Gasteiger partial charge in [0.1, 0.15) is 12.3 Å². The molecule has 1 heterocycles. The summed E-state index contributed by atoms with van der Waals surface area (Å²) in [5.74, 6) is -0.0676. The molecule has 30 heavy (non-hydrogen) atoms. The largest absolute Gasteiger partial charge is 0.496 e. The van der Waals surface area contributed by atoms with Crippen molar-refractivity contribution in [2.24, 2.45) is 0 Å². The van der Waals surface area contributed by atoms with Gasteiger partial charge in [-0.2, -0.15) is 0 Å². The highest BCUT2D eigenvalue weighted by molar-refractivity contribution is 8.18. The van der Waals surface area contributed by atoms with Gasteiger partial charge in [-0.25, -0.2) is 0 Å². The maximum atomic E-state index is 12.7. The van der Waals surface area contributed by atoms with Crippen molar-refractivity contribution in [3.05, 3.63) is 69.1 Å². The SMILES string of the molecule is COc1cc(C)c(/C=C2\SC(=O)N(CC(=O)NCc3ccc(C)cc3)C2=O)cc1C. The molecule has 3 rings (SSSR count). The Morgan fingerprint density at radius 1 is 1.10 bits per heavy atom. The molecular formula is C23H24N2O4S. The van der Waals surface area contributed by atoms with Gasteiger partial charge in [-0.15, -0.1) is 0 Å². The molecule has 7 heteroatoms. The van der Waals surface area contributed by atoms with Gasteiger partial charge in [-0.3, -0.25) is 19.3 Å². The van der Waals surface area contributed by atoms with Crippen LogP contribution in [0.1, 0.15) is 27.8 Å². The van der Waals surface area contributed by atoms with E-state index in [4.69, 9.17) is 4.74 Å². The van der Waals surface area contributed by atoms with Gasteiger partial charge in [0.25, 0.3) is 11.1 Å². The molecule has 3 amide bonds. The van der Waals surface area contributed by atoms with E-state index in [1.807, 2.05) is 57.2 Å². The van der Waals surface area contributed by atoms with Crippen molar-refractivity contribution in [2.45, 2.75) is 27.3 Å². The molecular weight excluding hydrogens is 400 g/mol. The highest BCUT2D eigenvalue weighted by Gasteiger charge is 2.36. The normalized spacial score (nSPS) is 15.1. The van der Waals surface area contributed by atoms with Crippen molar-refractivity contribution in [3.63, 3.8) is 0 Å². The van der Waals surface area contributed by atoms with Crippen molar-refractivity contribution in [1.29, 1.82) is 0 Å². The Morgan fingerprint density at radius 3 is 2.47 bits per heavy atom. The van der Waals surface area contributed by atoms with Crippen LogP contribution in [-0.4, -0.2) is 35.6 Å². The zero-order chi connectivity index (χ0) is 21.8. The summed E-state index contributed by atoms with van der Waals surface area (Å²) in [5.41, 5.74) is 4.79. The Labute approximate surface area is 180 Å². The molecule has 2 aromatic carbocycles. The summed E-state index contributed by atoms with van der Waals surface area (Å²) in [5, 5.41) is 2.31. The molecule has 0 spiro atoms. The smallest absolute Gasteiger partial charge is 0.294 e. The molecule has 0 aromatic heterocycles. The van der Waals surface area contributed by atoms with Crippen LogP contribution in [0.3, 0.4) is 0 Å². The Morgan fingerprint density at radius 2 is 1.80 bits per heavy atom. The second kappa shape index (κ2) is 9.17. The molecule has 0 atom stereocenters.